The van der Waals surface area contributed by atoms with Crippen LogP contribution in [0.25, 0.3) is 0 Å². The van der Waals surface area contributed by atoms with E-state index in [1.807, 2.05) is 18.9 Å². The van der Waals surface area contributed by atoms with Gasteiger partial charge >= 0.3 is 0 Å². The van der Waals surface area contributed by atoms with Crippen LogP contribution in [0.1, 0.15) is 19.8 Å². The predicted octanol–water partition coefficient (Wildman–Crippen LogP) is 1.08. The number of anilines is 1. The van der Waals surface area contributed by atoms with Crippen LogP contribution in [0.3, 0.4) is 0 Å². The van der Waals surface area contributed by atoms with E-state index in [2.05, 4.69) is 9.97 Å². The predicted molar refractivity (Wildman–Crippen MR) is 65.2 cm³/mol. The minimum absolute atomic E-state index is 0.259. The summed E-state index contributed by atoms with van der Waals surface area (Å²) < 4.78 is 5.32. The third-order valence-electron chi connectivity index (χ3n) is 2.94. The van der Waals surface area contributed by atoms with Crippen LogP contribution in [0.4, 0.5) is 5.82 Å². The Kier molecular flexibility index (Phi) is 3.78. The van der Waals surface area contributed by atoms with Crippen molar-refractivity contribution >= 4 is 5.82 Å². The van der Waals surface area contributed by atoms with Crippen molar-refractivity contribution in [3.8, 4) is 5.88 Å². The largest absolute Gasteiger partial charge is 0.478 e. The molecule has 1 heterocycles. The van der Waals surface area contributed by atoms with E-state index >= 15 is 0 Å². The van der Waals surface area contributed by atoms with E-state index in [4.69, 9.17) is 4.74 Å². The van der Waals surface area contributed by atoms with Crippen molar-refractivity contribution in [3.63, 3.8) is 0 Å². The number of hydrogen-bond acceptors (Lipinski definition) is 5. The third-order valence-corrected chi connectivity index (χ3v) is 2.94. The smallest absolute Gasteiger partial charge is 0.218 e. The van der Waals surface area contributed by atoms with Gasteiger partial charge in [0.15, 0.2) is 0 Å². The Morgan fingerprint density at radius 1 is 1.53 bits per heavy atom. The van der Waals surface area contributed by atoms with E-state index in [-0.39, 0.29) is 6.10 Å². The molecule has 0 radical (unpaired) electrons. The summed E-state index contributed by atoms with van der Waals surface area (Å²) in [6.07, 6.45) is 3.51. The van der Waals surface area contributed by atoms with Crippen molar-refractivity contribution in [3.05, 3.63) is 12.4 Å². The Morgan fingerprint density at radius 2 is 2.29 bits per heavy atom. The molecule has 1 atom stereocenters. The van der Waals surface area contributed by atoms with E-state index < -0.39 is 0 Å². The molecular formula is C12H19N3O2. The van der Waals surface area contributed by atoms with Gasteiger partial charge in [-0.1, -0.05) is 0 Å². The molecule has 1 saturated carbocycles. The molecule has 0 unspecified atom stereocenters. The van der Waals surface area contributed by atoms with Crippen LogP contribution in [0.15, 0.2) is 12.4 Å². The van der Waals surface area contributed by atoms with Gasteiger partial charge in [0.05, 0.1) is 12.7 Å². The first kappa shape index (κ1) is 12.1. The summed E-state index contributed by atoms with van der Waals surface area (Å²) in [5, 5.41) is 9.88. The Morgan fingerprint density at radius 3 is 2.94 bits per heavy atom. The lowest BCUT2D eigenvalue weighted by atomic mass is 10.2. The van der Waals surface area contributed by atoms with Gasteiger partial charge in [-0.15, -0.1) is 0 Å². The SMILES string of the molecule is CCOc1cc(N(C)C[C@H](O)C2CC2)ncn1. The average Bonchev–Trinajstić information content (AvgIpc) is 3.13. The van der Waals surface area contributed by atoms with Gasteiger partial charge < -0.3 is 14.7 Å². The number of ether oxygens (including phenoxy) is 1. The Balaban J connectivity index is 1.96. The fourth-order valence-corrected chi connectivity index (χ4v) is 1.77. The van der Waals surface area contributed by atoms with Gasteiger partial charge in [0.25, 0.3) is 0 Å². The summed E-state index contributed by atoms with van der Waals surface area (Å²) in [6, 6.07) is 1.79. The van der Waals surface area contributed by atoms with Gasteiger partial charge in [-0.05, 0) is 25.7 Å². The van der Waals surface area contributed by atoms with E-state index in [0.717, 1.165) is 18.7 Å². The highest BCUT2D eigenvalue weighted by molar-refractivity contribution is 5.39. The second-order valence-corrected chi connectivity index (χ2v) is 4.43. The number of aromatic nitrogens is 2. The van der Waals surface area contributed by atoms with Gasteiger partial charge in [-0.2, -0.15) is 0 Å². The lowest BCUT2D eigenvalue weighted by molar-refractivity contribution is 0.158. The van der Waals surface area contributed by atoms with E-state index in [1.165, 1.54) is 6.33 Å². The molecule has 5 heteroatoms. The summed E-state index contributed by atoms with van der Waals surface area (Å²) in [5.41, 5.74) is 0. The summed E-state index contributed by atoms with van der Waals surface area (Å²) >= 11 is 0. The molecule has 1 aliphatic carbocycles. The fraction of sp³-hybridized carbons (Fsp3) is 0.667. The van der Waals surface area contributed by atoms with Gasteiger partial charge in [-0.25, -0.2) is 9.97 Å². The lowest BCUT2D eigenvalue weighted by Crippen LogP contribution is -2.30. The maximum atomic E-state index is 9.88. The maximum Gasteiger partial charge on any atom is 0.218 e. The van der Waals surface area contributed by atoms with Crippen molar-refractivity contribution in [2.45, 2.75) is 25.9 Å². The number of aliphatic hydroxyl groups excluding tert-OH is 1. The minimum Gasteiger partial charge on any atom is -0.478 e. The molecule has 0 aromatic carbocycles. The summed E-state index contributed by atoms with van der Waals surface area (Å²) in [4.78, 5) is 10.1. The lowest BCUT2D eigenvalue weighted by Gasteiger charge is -2.21. The van der Waals surface area contributed by atoms with Gasteiger partial charge in [-0.3, -0.25) is 0 Å². The monoisotopic (exact) mass is 237 g/mol. The van der Waals surface area contributed by atoms with Gasteiger partial charge in [0, 0.05) is 19.7 Å². The van der Waals surface area contributed by atoms with Crippen molar-refractivity contribution in [2.75, 3.05) is 25.1 Å². The maximum absolute atomic E-state index is 9.88. The van der Waals surface area contributed by atoms with Crippen molar-refractivity contribution < 1.29 is 9.84 Å². The third kappa shape index (κ3) is 3.30. The van der Waals surface area contributed by atoms with Crippen molar-refractivity contribution in [1.82, 2.24) is 9.97 Å². The molecule has 0 bridgehead atoms. The molecule has 2 rings (SSSR count). The quantitative estimate of drug-likeness (QED) is 0.802. The minimum atomic E-state index is -0.259. The number of aliphatic hydroxyl groups is 1. The van der Waals surface area contributed by atoms with Crippen molar-refractivity contribution in [1.29, 1.82) is 0 Å². The molecule has 17 heavy (non-hydrogen) atoms. The Bertz CT molecular complexity index is 369. The Hall–Kier alpha value is -1.36. The van der Waals surface area contributed by atoms with E-state index in [9.17, 15) is 5.11 Å². The first-order valence-corrected chi connectivity index (χ1v) is 6.04. The average molecular weight is 237 g/mol. The second-order valence-electron chi connectivity index (χ2n) is 4.43. The topological polar surface area (TPSA) is 58.5 Å². The van der Waals surface area contributed by atoms with Crippen LogP contribution >= 0.6 is 0 Å². The Labute approximate surface area is 101 Å². The van der Waals surface area contributed by atoms with Gasteiger partial charge in [0.1, 0.15) is 12.1 Å². The van der Waals surface area contributed by atoms with Crippen LogP contribution in [-0.4, -0.2) is 41.4 Å². The van der Waals surface area contributed by atoms with Crippen LogP contribution in [-0.2, 0) is 0 Å². The molecule has 5 nitrogen and oxygen atoms in total. The summed E-state index contributed by atoms with van der Waals surface area (Å²) in [7, 11) is 1.92. The zero-order valence-corrected chi connectivity index (χ0v) is 10.3. The molecular weight excluding hydrogens is 218 g/mol. The molecule has 94 valence electrons. The van der Waals surface area contributed by atoms with Gasteiger partial charge in [0.2, 0.25) is 5.88 Å². The molecule has 0 saturated heterocycles. The zero-order chi connectivity index (χ0) is 12.3. The van der Waals surface area contributed by atoms with Crippen molar-refractivity contribution in [2.24, 2.45) is 5.92 Å². The molecule has 0 aliphatic heterocycles. The van der Waals surface area contributed by atoms with E-state index in [0.29, 0.717) is 24.9 Å². The standard InChI is InChI=1S/C12H19N3O2/c1-3-17-12-6-11(13-8-14-12)15(2)7-10(16)9-4-5-9/h6,8-10,16H,3-5,7H2,1-2H3/t10-/m0/s1. The summed E-state index contributed by atoms with van der Waals surface area (Å²) in [6.45, 7) is 3.11. The van der Waals surface area contributed by atoms with Crippen LogP contribution in [0.5, 0.6) is 5.88 Å². The number of nitrogens with zero attached hydrogens (tertiary/aromatic N) is 3. The van der Waals surface area contributed by atoms with Crippen LogP contribution < -0.4 is 9.64 Å². The molecule has 1 fully saturated rings. The van der Waals surface area contributed by atoms with Crippen LogP contribution in [0.2, 0.25) is 0 Å². The van der Waals surface area contributed by atoms with E-state index in [1.54, 1.807) is 6.07 Å². The normalized spacial score (nSPS) is 16.6. The molecule has 1 aliphatic rings. The fourth-order valence-electron chi connectivity index (χ4n) is 1.77. The number of hydrogen-bond donors (Lipinski definition) is 1. The molecule has 1 N–H and O–H groups in total. The first-order chi connectivity index (χ1) is 8.20. The summed E-state index contributed by atoms with van der Waals surface area (Å²) in [5.74, 6) is 1.83. The molecule has 1 aromatic heterocycles. The highest BCUT2D eigenvalue weighted by Gasteiger charge is 2.30. The second kappa shape index (κ2) is 5.31. The molecule has 0 amide bonds. The zero-order valence-electron chi connectivity index (χ0n) is 10.3. The highest BCUT2D eigenvalue weighted by Crippen LogP contribution is 2.33. The molecule has 1 aromatic rings. The molecule has 0 spiro atoms. The number of rotatable bonds is 6. The number of likely N-dealkylation sites (N-methyl/N-ethyl adjacent to an activating group) is 1. The van der Waals surface area contributed by atoms with Crippen LogP contribution in [0, 0.1) is 5.92 Å². The first-order valence-electron chi connectivity index (χ1n) is 6.04. The highest BCUT2D eigenvalue weighted by atomic mass is 16.5.